The fraction of sp³-hybridized carbons (Fsp3) is 0.211. The molecule has 1 aliphatic rings. The van der Waals surface area contributed by atoms with Crippen LogP contribution in [0.5, 0.6) is 5.75 Å². The maximum Gasteiger partial charge on any atom is 0.324 e. The number of nitrogens with zero attached hydrogens (tertiary/aromatic N) is 2. The Bertz CT molecular complexity index is 872. The molecule has 0 unspecified atom stereocenters. The monoisotopic (exact) mass is 401 g/mol. The van der Waals surface area contributed by atoms with Gasteiger partial charge < -0.3 is 4.74 Å². The van der Waals surface area contributed by atoms with E-state index in [4.69, 9.17) is 4.74 Å². The van der Waals surface area contributed by atoms with Gasteiger partial charge in [-0.05, 0) is 67.2 Å². The molecule has 0 fully saturated rings. The molecule has 4 rings (SSSR count). The van der Waals surface area contributed by atoms with E-state index < -0.39 is 0 Å². The first-order valence-electron chi connectivity index (χ1n) is 7.88. The van der Waals surface area contributed by atoms with E-state index in [9.17, 15) is 0 Å². The highest BCUT2D eigenvalue weighted by Crippen LogP contribution is 2.35. The van der Waals surface area contributed by atoms with Gasteiger partial charge in [-0.2, -0.15) is 4.57 Å². The van der Waals surface area contributed by atoms with Crippen molar-refractivity contribution < 1.29 is 9.30 Å². The molecule has 0 spiro atoms. The number of imidazole rings is 1. The van der Waals surface area contributed by atoms with Crippen molar-refractivity contribution in [1.29, 1.82) is 0 Å². The maximum absolute atomic E-state index is 5.30. The lowest BCUT2D eigenvalue weighted by molar-refractivity contribution is -0.725. The van der Waals surface area contributed by atoms with E-state index in [-0.39, 0.29) is 0 Å². The van der Waals surface area contributed by atoms with Crippen molar-refractivity contribution in [3.63, 3.8) is 0 Å². The first-order chi connectivity index (χ1) is 11.7. The third-order valence-corrected chi connectivity index (χ3v) is 5.90. The zero-order valence-corrected chi connectivity index (χ0v) is 16.0. The van der Waals surface area contributed by atoms with Crippen LogP contribution in [0.3, 0.4) is 0 Å². The summed E-state index contributed by atoms with van der Waals surface area (Å²) in [5.74, 6) is 0.876. The molecule has 0 saturated heterocycles. The minimum absolute atomic E-state index is 0.600. The number of ether oxygens (including phenoxy) is 1. The number of halogens is 1. The summed E-state index contributed by atoms with van der Waals surface area (Å²) in [4.78, 5) is 0. The molecule has 0 aliphatic carbocycles. The van der Waals surface area contributed by atoms with Crippen LogP contribution in [0.4, 0.5) is 0 Å². The molecule has 3 nitrogen and oxygen atoms in total. The molecule has 0 N–H and O–H groups in total. The molecule has 2 heterocycles. The zero-order chi connectivity index (χ0) is 16.7. The van der Waals surface area contributed by atoms with Crippen molar-refractivity contribution >= 4 is 27.7 Å². The number of methoxy groups -OCH3 is 1. The van der Waals surface area contributed by atoms with Crippen LogP contribution in [-0.4, -0.2) is 16.9 Å². The molecule has 0 saturated carbocycles. The molecule has 5 heteroatoms. The first kappa shape index (κ1) is 15.8. The molecular weight excluding hydrogens is 384 g/mol. The lowest BCUT2D eigenvalue weighted by Crippen LogP contribution is -2.32. The van der Waals surface area contributed by atoms with E-state index in [0.717, 1.165) is 22.5 Å². The summed E-state index contributed by atoms with van der Waals surface area (Å²) in [5.41, 5.74) is 3.58. The van der Waals surface area contributed by atoms with Gasteiger partial charge in [-0.3, -0.25) is 0 Å². The minimum atomic E-state index is 0.600. The Labute approximate surface area is 154 Å². The predicted octanol–water partition coefficient (Wildman–Crippen LogP) is 4.70. The lowest BCUT2D eigenvalue weighted by atomic mass is 10.1. The number of rotatable bonds is 3. The number of benzene rings is 2. The molecular formula is C19H18BrN2OS+. The van der Waals surface area contributed by atoms with Crippen molar-refractivity contribution in [2.24, 2.45) is 0 Å². The van der Waals surface area contributed by atoms with E-state index in [0.29, 0.717) is 5.25 Å². The summed E-state index contributed by atoms with van der Waals surface area (Å²) in [6, 6.07) is 16.8. The van der Waals surface area contributed by atoms with Crippen LogP contribution in [0.15, 0.2) is 64.4 Å². The van der Waals surface area contributed by atoms with Crippen LogP contribution in [0.25, 0.3) is 16.9 Å². The molecule has 0 radical (unpaired) electrons. The molecule has 1 aromatic heterocycles. The third-order valence-electron chi connectivity index (χ3n) is 4.19. The summed E-state index contributed by atoms with van der Waals surface area (Å²) in [6.45, 7) is 3.32. The van der Waals surface area contributed by atoms with Gasteiger partial charge in [0.15, 0.2) is 5.69 Å². The first-order valence-corrected chi connectivity index (χ1v) is 9.55. The van der Waals surface area contributed by atoms with Crippen molar-refractivity contribution in [3.05, 3.63) is 59.2 Å². The predicted molar refractivity (Wildman–Crippen MR) is 101 cm³/mol. The molecule has 0 amide bonds. The van der Waals surface area contributed by atoms with E-state index in [1.807, 2.05) is 23.9 Å². The van der Waals surface area contributed by atoms with Crippen LogP contribution in [0, 0.1) is 0 Å². The third kappa shape index (κ3) is 2.76. The lowest BCUT2D eigenvalue weighted by Gasteiger charge is -2.06. The SMILES string of the molecule is COc1ccc(-n2c(-c3ccc(Br)cc3)c[n+]3c2S[C@@H](C)C3)cc1. The van der Waals surface area contributed by atoms with Crippen LogP contribution < -0.4 is 9.30 Å². The fourth-order valence-corrected chi connectivity index (χ4v) is 4.47. The van der Waals surface area contributed by atoms with E-state index in [1.165, 1.54) is 16.4 Å². The van der Waals surface area contributed by atoms with Crippen LogP contribution >= 0.6 is 27.7 Å². The molecule has 122 valence electrons. The Morgan fingerprint density at radius 2 is 1.83 bits per heavy atom. The molecule has 2 aromatic carbocycles. The Morgan fingerprint density at radius 1 is 1.12 bits per heavy atom. The van der Waals surface area contributed by atoms with Gasteiger partial charge in [0.25, 0.3) is 0 Å². The number of aromatic nitrogens is 2. The topological polar surface area (TPSA) is 18.0 Å². The second kappa shape index (κ2) is 6.30. The van der Waals surface area contributed by atoms with Crippen molar-refractivity contribution in [3.8, 4) is 22.7 Å². The average molecular weight is 402 g/mol. The quantitative estimate of drug-likeness (QED) is 0.592. The van der Waals surface area contributed by atoms with Crippen LogP contribution in [0.1, 0.15) is 6.92 Å². The van der Waals surface area contributed by atoms with Crippen molar-refractivity contribution in [1.82, 2.24) is 4.57 Å². The summed E-state index contributed by atoms with van der Waals surface area (Å²) < 4.78 is 11.1. The van der Waals surface area contributed by atoms with Gasteiger partial charge in [-0.25, -0.2) is 4.57 Å². The Kier molecular flexibility index (Phi) is 4.14. The highest BCUT2D eigenvalue weighted by Gasteiger charge is 2.34. The van der Waals surface area contributed by atoms with Gasteiger partial charge in [-0.1, -0.05) is 15.9 Å². The normalized spacial score (nSPS) is 16.2. The largest absolute Gasteiger partial charge is 0.497 e. The molecule has 24 heavy (non-hydrogen) atoms. The number of thioether (sulfide) groups is 1. The second-order valence-electron chi connectivity index (χ2n) is 5.92. The van der Waals surface area contributed by atoms with Crippen LogP contribution in [-0.2, 0) is 6.54 Å². The van der Waals surface area contributed by atoms with Crippen molar-refractivity contribution in [2.45, 2.75) is 23.9 Å². The highest BCUT2D eigenvalue weighted by atomic mass is 79.9. The summed E-state index contributed by atoms with van der Waals surface area (Å²) in [5, 5.41) is 1.88. The average Bonchev–Trinajstić information content (AvgIpc) is 3.11. The molecule has 1 aliphatic heterocycles. The Morgan fingerprint density at radius 3 is 2.50 bits per heavy atom. The molecule has 1 atom stereocenters. The van der Waals surface area contributed by atoms with Gasteiger partial charge in [0.2, 0.25) is 0 Å². The van der Waals surface area contributed by atoms with E-state index in [1.54, 1.807) is 7.11 Å². The van der Waals surface area contributed by atoms with Crippen LogP contribution in [0.2, 0.25) is 0 Å². The Balaban J connectivity index is 1.88. The number of hydrogen-bond acceptors (Lipinski definition) is 2. The Hall–Kier alpha value is -1.72. The molecule has 3 aromatic rings. The summed E-state index contributed by atoms with van der Waals surface area (Å²) >= 11 is 5.45. The second-order valence-corrected chi connectivity index (χ2v) is 8.24. The van der Waals surface area contributed by atoms with Gasteiger partial charge in [0, 0.05) is 10.0 Å². The van der Waals surface area contributed by atoms with Gasteiger partial charge in [0.05, 0.1) is 12.4 Å². The van der Waals surface area contributed by atoms with Gasteiger partial charge in [-0.15, -0.1) is 0 Å². The number of hydrogen-bond donors (Lipinski definition) is 0. The van der Waals surface area contributed by atoms with E-state index >= 15 is 0 Å². The fourth-order valence-electron chi connectivity index (χ4n) is 3.04. The van der Waals surface area contributed by atoms with Gasteiger partial charge >= 0.3 is 5.16 Å². The number of fused-ring (bicyclic) bond motifs is 1. The minimum Gasteiger partial charge on any atom is -0.497 e. The van der Waals surface area contributed by atoms with Gasteiger partial charge in [0.1, 0.15) is 24.2 Å². The standard InChI is InChI=1S/C19H18BrN2OS/c1-13-11-21-12-18(14-3-5-15(20)6-4-14)22(19(21)24-13)16-7-9-17(23-2)10-8-16/h3-10,12-13H,11H2,1-2H3/q+1/t13-/m0/s1. The maximum atomic E-state index is 5.30. The summed E-state index contributed by atoms with van der Waals surface area (Å²) in [6.07, 6.45) is 2.26. The highest BCUT2D eigenvalue weighted by molar-refractivity contribution is 9.10. The molecule has 0 bridgehead atoms. The zero-order valence-electron chi connectivity index (χ0n) is 13.6. The van der Waals surface area contributed by atoms with Crippen molar-refractivity contribution in [2.75, 3.05) is 7.11 Å². The smallest absolute Gasteiger partial charge is 0.324 e. The summed E-state index contributed by atoms with van der Waals surface area (Å²) in [7, 11) is 1.70. The van der Waals surface area contributed by atoms with E-state index in [2.05, 4.69) is 74.6 Å².